The molecule has 0 amide bonds. The van der Waals surface area contributed by atoms with Crippen LogP contribution in [0, 0.1) is 45.8 Å². The Morgan fingerprint density at radius 2 is 1.15 bits per heavy atom. The van der Waals surface area contributed by atoms with E-state index in [2.05, 4.69) is 0 Å². The van der Waals surface area contributed by atoms with Crippen LogP contribution in [0.15, 0.2) is 0 Å². The Kier molecular flexibility index (Phi) is 9.21. The van der Waals surface area contributed by atoms with Gasteiger partial charge in [-0.15, -0.1) is 0 Å². The summed E-state index contributed by atoms with van der Waals surface area (Å²) < 4.78 is 22.2. The fourth-order valence-corrected chi connectivity index (χ4v) is 8.07. The molecule has 232 valence electrons. The molecule has 8 heteroatoms. The normalized spacial score (nSPS) is 31.3. The molecular weight excluding hydrogens is 524 g/mol. The van der Waals surface area contributed by atoms with Crippen molar-refractivity contribution in [3.8, 4) is 0 Å². The van der Waals surface area contributed by atoms with Crippen LogP contribution < -0.4 is 0 Å². The minimum atomic E-state index is -0.694. The summed E-state index contributed by atoms with van der Waals surface area (Å²) >= 11 is 0. The summed E-state index contributed by atoms with van der Waals surface area (Å²) in [6.07, 6.45) is 9.88. The van der Waals surface area contributed by atoms with Crippen molar-refractivity contribution >= 4 is 23.9 Å². The first-order valence-electron chi connectivity index (χ1n) is 15.8. The van der Waals surface area contributed by atoms with E-state index in [0.717, 1.165) is 49.9 Å². The number of ether oxygens (including phenoxy) is 4. The van der Waals surface area contributed by atoms with Crippen molar-refractivity contribution in [1.29, 1.82) is 0 Å². The highest BCUT2D eigenvalue weighted by molar-refractivity contribution is 5.84. The lowest BCUT2D eigenvalue weighted by Gasteiger charge is -2.61. The summed E-state index contributed by atoms with van der Waals surface area (Å²) in [5, 5.41) is 0. The number of hydrogen-bond donors (Lipinski definition) is 0. The molecule has 4 bridgehead atoms. The molecule has 41 heavy (non-hydrogen) atoms. The third-order valence-electron chi connectivity index (χ3n) is 11.3. The van der Waals surface area contributed by atoms with Crippen molar-refractivity contribution in [2.24, 2.45) is 45.8 Å². The average Bonchev–Trinajstić information content (AvgIpc) is 2.87. The Morgan fingerprint density at radius 1 is 0.683 bits per heavy atom. The van der Waals surface area contributed by atoms with Gasteiger partial charge in [0.25, 0.3) is 0 Å². The third-order valence-corrected chi connectivity index (χ3v) is 11.3. The molecule has 5 fully saturated rings. The van der Waals surface area contributed by atoms with E-state index < -0.39 is 47.4 Å². The van der Waals surface area contributed by atoms with E-state index in [1.807, 2.05) is 48.5 Å². The highest BCUT2D eigenvalue weighted by Crippen LogP contribution is 2.64. The van der Waals surface area contributed by atoms with Gasteiger partial charge in [0.15, 0.2) is 6.61 Å². The molecule has 5 aliphatic carbocycles. The molecule has 2 atom stereocenters. The van der Waals surface area contributed by atoms with Crippen molar-refractivity contribution < 1.29 is 38.1 Å². The van der Waals surface area contributed by atoms with E-state index in [4.69, 9.17) is 18.9 Å². The predicted octanol–water partition coefficient (Wildman–Crippen LogP) is 6.03. The molecule has 8 nitrogen and oxygen atoms in total. The second kappa shape index (κ2) is 11.9. The van der Waals surface area contributed by atoms with Gasteiger partial charge in [-0.2, -0.15) is 0 Å². The highest BCUT2D eigenvalue weighted by atomic mass is 16.6. The Balaban J connectivity index is 1.24. The number of carbonyl (C=O) groups is 4. The van der Waals surface area contributed by atoms with Crippen LogP contribution in [-0.4, -0.2) is 49.3 Å². The lowest BCUT2D eigenvalue weighted by Crippen LogP contribution is -2.57. The van der Waals surface area contributed by atoms with Crippen molar-refractivity contribution in [3.63, 3.8) is 0 Å². The van der Waals surface area contributed by atoms with E-state index in [1.165, 1.54) is 19.3 Å². The summed E-state index contributed by atoms with van der Waals surface area (Å²) in [5.41, 5.74) is -1.58. The summed E-state index contributed by atoms with van der Waals surface area (Å²) in [6.45, 7) is 13.1. The summed E-state index contributed by atoms with van der Waals surface area (Å²) in [7, 11) is 0. The van der Waals surface area contributed by atoms with Gasteiger partial charge in [0, 0.05) is 5.41 Å². The van der Waals surface area contributed by atoms with Gasteiger partial charge >= 0.3 is 23.9 Å². The van der Waals surface area contributed by atoms with Crippen LogP contribution in [-0.2, 0) is 38.1 Å². The molecule has 5 saturated carbocycles. The fourth-order valence-electron chi connectivity index (χ4n) is 8.07. The predicted molar refractivity (Wildman–Crippen MR) is 152 cm³/mol. The van der Waals surface area contributed by atoms with E-state index in [0.29, 0.717) is 12.8 Å². The molecule has 5 rings (SSSR count). The molecule has 0 N–H and O–H groups in total. The molecule has 0 aliphatic heterocycles. The van der Waals surface area contributed by atoms with Gasteiger partial charge < -0.3 is 18.9 Å². The van der Waals surface area contributed by atoms with Crippen LogP contribution in [0.1, 0.15) is 113 Å². The second-order valence-corrected chi connectivity index (χ2v) is 15.5. The minimum Gasteiger partial charge on any atom is -0.462 e. The fraction of sp³-hybridized carbons (Fsp3) is 0.879. The molecular formula is C33H52O8. The smallest absolute Gasteiger partial charge is 0.344 e. The van der Waals surface area contributed by atoms with Crippen LogP contribution in [0.3, 0.4) is 0 Å². The van der Waals surface area contributed by atoms with Crippen LogP contribution in [0.25, 0.3) is 0 Å². The maximum absolute atomic E-state index is 13.0. The quantitative estimate of drug-likeness (QED) is 0.176. The van der Waals surface area contributed by atoms with Gasteiger partial charge in [-0.05, 0) is 102 Å². The van der Waals surface area contributed by atoms with Crippen molar-refractivity contribution in [3.05, 3.63) is 0 Å². The van der Waals surface area contributed by atoms with Gasteiger partial charge in [0.05, 0.1) is 17.3 Å². The number of rotatable bonds is 10. The highest BCUT2D eigenvalue weighted by Gasteiger charge is 2.58. The molecule has 5 aliphatic rings. The van der Waals surface area contributed by atoms with E-state index >= 15 is 0 Å². The van der Waals surface area contributed by atoms with Gasteiger partial charge in [0.1, 0.15) is 18.8 Å². The molecule has 0 radical (unpaired) electrons. The maximum atomic E-state index is 13.0. The van der Waals surface area contributed by atoms with Crippen LogP contribution in [0.4, 0.5) is 0 Å². The average molecular weight is 577 g/mol. The first kappa shape index (κ1) is 31.8. The van der Waals surface area contributed by atoms with Crippen LogP contribution >= 0.6 is 0 Å². The lowest BCUT2D eigenvalue weighted by molar-refractivity contribution is -0.203. The Labute approximate surface area is 245 Å². The number of carbonyl (C=O) groups excluding carboxylic acids is 4. The second-order valence-electron chi connectivity index (χ2n) is 15.5. The van der Waals surface area contributed by atoms with Crippen molar-refractivity contribution in [2.45, 2.75) is 118 Å². The van der Waals surface area contributed by atoms with Crippen molar-refractivity contribution in [1.82, 2.24) is 0 Å². The Hall–Kier alpha value is -2.12. The monoisotopic (exact) mass is 576 g/mol. The maximum Gasteiger partial charge on any atom is 0.344 e. The Bertz CT molecular complexity index is 968. The SMILES string of the molecule is CC(C)(C)C(C)(C)C(=O)OCCOC(=O)C1CCCCC1C(=O)OCC(=O)OC(C)(C)C12CC3CC(CC(C3)C1)C2. The van der Waals surface area contributed by atoms with E-state index in [9.17, 15) is 19.2 Å². The minimum absolute atomic E-state index is 0.0104. The molecule has 0 saturated heterocycles. The zero-order valence-corrected chi connectivity index (χ0v) is 26.3. The molecule has 2 unspecified atom stereocenters. The first-order valence-corrected chi connectivity index (χ1v) is 15.8. The standard InChI is InChI=1S/C33H52O8/c1-30(2,3)31(4,5)29(37)39-13-12-38-27(35)24-10-8-9-11-25(24)28(36)40-20-26(34)41-32(6,7)33-17-21-14-22(18-33)16-23(15-21)19-33/h21-25H,8-20H2,1-7H3. The zero-order chi connectivity index (χ0) is 30.2. The van der Waals surface area contributed by atoms with Crippen LogP contribution in [0.2, 0.25) is 0 Å². The summed E-state index contributed by atoms with van der Waals surface area (Å²) in [6, 6.07) is 0. The molecule has 0 aromatic carbocycles. The largest absolute Gasteiger partial charge is 0.462 e. The number of esters is 4. The van der Waals surface area contributed by atoms with Crippen molar-refractivity contribution in [2.75, 3.05) is 19.8 Å². The van der Waals surface area contributed by atoms with Gasteiger partial charge in [0.2, 0.25) is 0 Å². The van der Waals surface area contributed by atoms with Crippen LogP contribution in [0.5, 0.6) is 0 Å². The zero-order valence-electron chi connectivity index (χ0n) is 26.3. The summed E-state index contributed by atoms with van der Waals surface area (Å²) in [4.78, 5) is 51.3. The van der Waals surface area contributed by atoms with E-state index in [1.54, 1.807) is 0 Å². The molecule has 0 heterocycles. The number of hydrogen-bond acceptors (Lipinski definition) is 8. The topological polar surface area (TPSA) is 105 Å². The Morgan fingerprint density at radius 3 is 1.63 bits per heavy atom. The summed E-state index contributed by atoms with van der Waals surface area (Å²) in [5.74, 6) is -1.03. The van der Waals surface area contributed by atoms with E-state index in [-0.39, 0.29) is 30.0 Å². The molecule has 0 aromatic heterocycles. The first-order chi connectivity index (χ1) is 19.0. The van der Waals surface area contributed by atoms with Gasteiger partial charge in [-0.3, -0.25) is 14.4 Å². The van der Waals surface area contributed by atoms with Gasteiger partial charge in [-0.1, -0.05) is 33.6 Å². The third kappa shape index (κ3) is 6.77. The van der Waals surface area contributed by atoms with Gasteiger partial charge in [-0.25, -0.2) is 4.79 Å². The lowest BCUT2D eigenvalue weighted by atomic mass is 9.46. The molecule has 0 spiro atoms. The molecule has 0 aromatic rings.